The van der Waals surface area contributed by atoms with Crippen molar-refractivity contribution in [2.24, 2.45) is 0 Å². The Labute approximate surface area is 107 Å². The molecule has 0 aliphatic carbocycles. The van der Waals surface area contributed by atoms with E-state index in [9.17, 15) is 13.2 Å². The van der Waals surface area contributed by atoms with Gasteiger partial charge >= 0.3 is 0 Å². The molecule has 0 radical (unpaired) electrons. The molecule has 0 atom stereocenters. The Bertz CT molecular complexity index is 481. The lowest BCUT2D eigenvalue weighted by Gasteiger charge is -2.05. The summed E-state index contributed by atoms with van der Waals surface area (Å²) >= 11 is 0. The van der Waals surface area contributed by atoms with Gasteiger partial charge in [-0.1, -0.05) is 19.0 Å². The minimum Gasteiger partial charge on any atom is -0.451 e. The molecule has 0 aromatic heterocycles. The first-order valence-corrected chi connectivity index (χ1v) is 7.33. The van der Waals surface area contributed by atoms with Crippen LogP contribution in [0.15, 0.2) is 24.3 Å². The molecule has 18 heavy (non-hydrogen) atoms. The summed E-state index contributed by atoms with van der Waals surface area (Å²) in [5.41, 5.74) is 0.624. The van der Waals surface area contributed by atoms with E-state index in [0.29, 0.717) is 17.8 Å². The standard InChI is InChI=1S/C11H15BO5S/c1-12(14)6-7-18(15,16)8-10-2-4-11(5-3-10)17-9-13/h2-5,9,14H,6-8H2,1H3. The van der Waals surface area contributed by atoms with Crippen LogP contribution in [0.1, 0.15) is 5.56 Å². The third-order valence-corrected chi connectivity index (χ3v) is 3.97. The Hall–Kier alpha value is -1.34. The zero-order chi connectivity index (χ0) is 13.6. The van der Waals surface area contributed by atoms with Crippen LogP contribution < -0.4 is 4.74 Å². The Kier molecular flexibility index (Phi) is 5.36. The molecule has 1 rings (SSSR count). The molecule has 0 saturated heterocycles. The highest BCUT2D eigenvalue weighted by Crippen LogP contribution is 2.14. The van der Waals surface area contributed by atoms with E-state index in [1.165, 1.54) is 12.1 Å². The van der Waals surface area contributed by atoms with Crippen LogP contribution in [0.4, 0.5) is 0 Å². The number of hydrogen-bond donors (Lipinski definition) is 1. The molecule has 1 aromatic carbocycles. The predicted molar refractivity (Wildman–Crippen MR) is 69.3 cm³/mol. The smallest absolute Gasteiger partial charge is 0.298 e. The van der Waals surface area contributed by atoms with Gasteiger partial charge < -0.3 is 9.76 Å². The van der Waals surface area contributed by atoms with Crippen molar-refractivity contribution in [2.75, 3.05) is 5.75 Å². The second-order valence-electron chi connectivity index (χ2n) is 4.09. The summed E-state index contributed by atoms with van der Waals surface area (Å²) in [6.45, 7) is 1.25. The monoisotopic (exact) mass is 270 g/mol. The average Bonchev–Trinajstić information content (AvgIpc) is 2.29. The van der Waals surface area contributed by atoms with Gasteiger partial charge in [-0.25, -0.2) is 8.42 Å². The topological polar surface area (TPSA) is 80.7 Å². The summed E-state index contributed by atoms with van der Waals surface area (Å²) in [6, 6.07) is 6.26. The second-order valence-corrected chi connectivity index (χ2v) is 6.27. The number of hydrogen-bond acceptors (Lipinski definition) is 5. The summed E-state index contributed by atoms with van der Waals surface area (Å²) in [7, 11) is -3.23. The summed E-state index contributed by atoms with van der Waals surface area (Å²) in [5.74, 6) is 0.244. The summed E-state index contributed by atoms with van der Waals surface area (Å²) < 4.78 is 28.0. The molecule has 98 valence electrons. The van der Waals surface area contributed by atoms with Gasteiger partial charge in [-0.3, -0.25) is 4.79 Å². The highest BCUT2D eigenvalue weighted by atomic mass is 32.2. The summed E-state index contributed by atoms with van der Waals surface area (Å²) in [5, 5.41) is 9.06. The second kappa shape index (κ2) is 6.56. The van der Waals surface area contributed by atoms with Crippen molar-refractivity contribution in [1.29, 1.82) is 0 Å². The highest BCUT2D eigenvalue weighted by molar-refractivity contribution is 7.90. The molecule has 7 heteroatoms. The van der Waals surface area contributed by atoms with Crippen molar-refractivity contribution in [2.45, 2.75) is 18.9 Å². The molecule has 0 aliphatic rings. The van der Waals surface area contributed by atoms with E-state index in [2.05, 4.69) is 4.74 Å². The maximum Gasteiger partial charge on any atom is 0.298 e. The molecule has 0 unspecified atom stereocenters. The van der Waals surface area contributed by atoms with Crippen LogP contribution in [-0.2, 0) is 20.4 Å². The minimum atomic E-state index is -3.23. The number of rotatable bonds is 7. The first-order chi connectivity index (χ1) is 8.43. The Balaban J connectivity index is 2.63. The SMILES string of the molecule is CB(O)CCS(=O)(=O)Cc1ccc(OC=O)cc1. The third-order valence-electron chi connectivity index (χ3n) is 2.34. The zero-order valence-corrected chi connectivity index (χ0v) is 10.9. The van der Waals surface area contributed by atoms with Crippen molar-refractivity contribution in [3.05, 3.63) is 29.8 Å². The minimum absolute atomic E-state index is 0.0444. The van der Waals surface area contributed by atoms with Gasteiger partial charge in [0.1, 0.15) is 5.75 Å². The van der Waals surface area contributed by atoms with Gasteiger partial charge in [0.25, 0.3) is 13.4 Å². The lowest BCUT2D eigenvalue weighted by atomic mass is 9.69. The molecule has 0 saturated carbocycles. The molecule has 0 fully saturated rings. The van der Waals surface area contributed by atoms with Gasteiger partial charge in [0, 0.05) is 5.75 Å². The molecule has 0 heterocycles. The fourth-order valence-corrected chi connectivity index (χ4v) is 2.94. The molecule has 1 N–H and O–H groups in total. The van der Waals surface area contributed by atoms with Crippen LogP contribution in [0.2, 0.25) is 13.1 Å². The van der Waals surface area contributed by atoms with Gasteiger partial charge in [-0.15, -0.1) is 0 Å². The molecule has 0 bridgehead atoms. The van der Waals surface area contributed by atoms with Crippen LogP contribution in [0.3, 0.4) is 0 Å². The normalized spacial score (nSPS) is 11.0. The van der Waals surface area contributed by atoms with Crippen LogP contribution in [0.5, 0.6) is 5.75 Å². The molecule has 1 aromatic rings. The van der Waals surface area contributed by atoms with Crippen LogP contribution in [0, 0.1) is 0 Å². The first kappa shape index (κ1) is 14.7. The zero-order valence-electron chi connectivity index (χ0n) is 10.1. The fourth-order valence-electron chi connectivity index (χ4n) is 1.40. The summed E-state index contributed by atoms with van der Waals surface area (Å²) in [4.78, 5) is 10.1. The first-order valence-electron chi connectivity index (χ1n) is 5.50. The van der Waals surface area contributed by atoms with E-state index in [1.54, 1.807) is 19.0 Å². The van der Waals surface area contributed by atoms with Crippen molar-refractivity contribution >= 4 is 23.2 Å². The number of carbonyl (C=O) groups excluding carboxylic acids is 1. The van der Waals surface area contributed by atoms with Gasteiger partial charge in [0.2, 0.25) is 0 Å². The maximum atomic E-state index is 11.7. The van der Waals surface area contributed by atoms with Crippen LogP contribution >= 0.6 is 0 Å². The number of ether oxygens (including phenoxy) is 1. The molecular weight excluding hydrogens is 255 g/mol. The quantitative estimate of drug-likeness (QED) is 0.584. The molecule has 0 spiro atoms. The van der Waals surface area contributed by atoms with Gasteiger partial charge in [0.05, 0.1) is 5.75 Å². The predicted octanol–water partition coefficient (Wildman–Crippen LogP) is 0.750. The molecular formula is C11H15BO5S. The van der Waals surface area contributed by atoms with Crippen molar-refractivity contribution < 1.29 is 23.0 Å². The van der Waals surface area contributed by atoms with E-state index < -0.39 is 16.8 Å². The molecule has 0 amide bonds. The largest absolute Gasteiger partial charge is 0.451 e. The number of sulfone groups is 1. The lowest BCUT2D eigenvalue weighted by molar-refractivity contribution is -0.120. The lowest BCUT2D eigenvalue weighted by Crippen LogP contribution is -2.15. The number of benzene rings is 1. The van der Waals surface area contributed by atoms with Crippen molar-refractivity contribution in [3.63, 3.8) is 0 Å². The Morgan fingerprint density at radius 3 is 2.44 bits per heavy atom. The van der Waals surface area contributed by atoms with Gasteiger partial charge in [-0.05, 0) is 24.0 Å². The maximum absolute atomic E-state index is 11.7. The van der Waals surface area contributed by atoms with Crippen LogP contribution in [0.25, 0.3) is 0 Å². The van der Waals surface area contributed by atoms with Gasteiger partial charge in [0.15, 0.2) is 9.84 Å². The number of carbonyl (C=O) groups is 1. The van der Waals surface area contributed by atoms with Crippen molar-refractivity contribution in [1.82, 2.24) is 0 Å². The van der Waals surface area contributed by atoms with E-state index in [4.69, 9.17) is 5.02 Å². The summed E-state index contributed by atoms with van der Waals surface area (Å²) in [6.07, 6.45) is 0.231. The van der Waals surface area contributed by atoms with E-state index >= 15 is 0 Å². The molecule has 0 aliphatic heterocycles. The van der Waals surface area contributed by atoms with Crippen molar-refractivity contribution in [3.8, 4) is 5.75 Å². The van der Waals surface area contributed by atoms with Gasteiger partial charge in [-0.2, -0.15) is 0 Å². The fraction of sp³-hybridized carbons (Fsp3) is 0.364. The van der Waals surface area contributed by atoms with E-state index in [-0.39, 0.29) is 17.8 Å². The Morgan fingerprint density at radius 1 is 1.33 bits per heavy atom. The van der Waals surface area contributed by atoms with E-state index in [0.717, 1.165) is 0 Å². The van der Waals surface area contributed by atoms with E-state index in [1.807, 2.05) is 0 Å². The molecule has 5 nitrogen and oxygen atoms in total. The Morgan fingerprint density at radius 2 is 1.94 bits per heavy atom. The third kappa shape index (κ3) is 5.33. The average molecular weight is 270 g/mol. The van der Waals surface area contributed by atoms with Crippen LogP contribution in [-0.4, -0.2) is 32.6 Å². The highest BCUT2D eigenvalue weighted by Gasteiger charge is 2.14.